The number of esters is 1. The molecule has 4 rings (SSSR count). The summed E-state index contributed by atoms with van der Waals surface area (Å²) >= 11 is 4.75. The molecule has 170 valence electrons. The normalized spacial score (nSPS) is 21.5. The second-order valence-corrected chi connectivity index (χ2v) is 8.97. The summed E-state index contributed by atoms with van der Waals surface area (Å²) < 4.78 is 21.5. The molecule has 2 aromatic rings. The molecule has 1 saturated heterocycles. The molecule has 1 aliphatic carbocycles. The van der Waals surface area contributed by atoms with Crippen LogP contribution < -0.4 is 0 Å². The second-order valence-electron chi connectivity index (χ2n) is 8.35. The number of carbonyl (C=O) groups is 2. The highest BCUT2D eigenvalue weighted by atomic mass is 32.1. The van der Waals surface area contributed by atoms with E-state index in [1.165, 1.54) is 6.07 Å². The van der Waals surface area contributed by atoms with Gasteiger partial charge in [0.2, 0.25) is 0 Å². The maximum absolute atomic E-state index is 14.7. The molecule has 32 heavy (non-hydrogen) atoms. The van der Waals surface area contributed by atoms with Crippen molar-refractivity contribution in [2.24, 2.45) is 5.92 Å². The number of hydrogen-bond acceptors (Lipinski definition) is 6. The first kappa shape index (κ1) is 22.7. The van der Waals surface area contributed by atoms with Gasteiger partial charge >= 0.3 is 5.97 Å². The summed E-state index contributed by atoms with van der Waals surface area (Å²) in [7, 11) is 0. The van der Waals surface area contributed by atoms with Crippen LogP contribution in [0.25, 0.3) is 6.08 Å². The van der Waals surface area contributed by atoms with E-state index in [1.54, 1.807) is 42.2 Å². The number of hydrogen-bond donors (Lipinski definition) is 1. The van der Waals surface area contributed by atoms with Crippen LogP contribution in [-0.4, -0.2) is 51.1 Å². The summed E-state index contributed by atoms with van der Waals surface area (Å²) in [6, 6.07) is 5.95. The van der Waals surface area contributed by atoms with Crippen molar-refractivity contribution < 1.29 is 18.7 Å². The van der Waals surface area contributed by atoms with E-state index in [0.717, 1.165) is 30.5 Å². The van der Waals surface area contributed by atoms with E-state index in [0.29, 0.717) is 25.3 Å². The number of halogens is 1. The van der Waals surface area contributed by atoms with Crippen LogP contribution in [0.3, 0.4) is 0 Å². The molecule has 8 heteroatoms. The van der Waals surface area contributed by atoms with Crippen LogP contribution in [0.5, 0.6) is 0 Å². The van der Waals surface area contributed by atoms with Crippen LogP contribution in [0.4, 0.5) is 4.39 Å². The quantitative estimate of drug-likeness (QED) is 0.484. The Kier molecular flexibility index (Phi) is 7.10. The van der Waals surface area contributed by atoms with Crippen LogP contribution >= 0.6 is 12.6 Å². The van der Waals surface area contributed by atoms with Gasteiger partial charge in [0.05, 0.1) is 30.9 Å². The fourth-order valence-electron chi connectivity index (χ4n) is 4.19. The predicted molar refractivity (Wildman–Crippen MR) is 123 cm³/mol. The maximum Gasteiger partial charge on any atom is 0.325 e. The third kappa shape index (κ3) is 5.13. The first-order valence-corrected chi connectivity index (χ1v) is 11.6. The van der Waals surface area contributed by atoms with Crippen LogP contribution in [0.2, 0.25) is 0 Å². The van der Waals surface area contributed by atoms with Crippen molar-refractivity contribution in [1.29, 1.82) is 0 Å². The molecule has 0 amide bonds. The maximum atomic E-state index is 14.7. The Bertz CT molecular complexity index is 1020. The molecular weight excluding hydrogens is 429 g/mol. The SMILES string of the molecule is CCOC(=O)Cn1cncc1/C=C1/CN(C(C(=O)C2CC2)c2ccccc2F)CCC1S. The summed E-state index contributed by atoms with van der Waals surface area (Å²) in [5, 5.41) is 0.00879. The summed E-state index contributed by atoms with van der Waals surface area (Å²) in [6.45, 7) is 3.32. The molecule has 2 unspecified atom stereocenters. The smallest absolute Gasteiger partial charge is 0.325 e. The summed E-state index contributed by atoms with van der Waals surface area (Å²) in [4.78, 5) is 31.3. The van der Waals surface area contributed by atoms with E-state index in [9.17, 15) is 14.0 Å². The molecule has 2 aliphatic rings. The van der Waals surface area contributed by atoms with Gasteiger partial charge in [-0.05, 0) is 43.9 Å². The Morgan fingerprint density at radius 2 is 2.09 bits per heavy atom. The van der Waals surface area contributed by atoms with Gasteiger partial charge in [-0.1, -0.05) is 18.2 Å². The van der Waals surface area contributed by atoms with Gasteiger partial charge in [-0.3, -0.25) is 14.5 Å². The molecule has 0 radical (unpaired) electrons. The zero-order valence-corrected chi connectivity index (χ0v) is 19.0. The monoisotopic (exact) mass is 457 g/mol. The van der Waals surface area contributed by atoms with E-state index in [1.807, 2.05) is 6.08 Å². The number of thiol groups is 1. The van der Waals surface area contributed by atoms with Crippen molar-refractivity contribution in [3.05, 3.63) is 59.4 Å². The van der Waals surface area contributed by atoms with Crippen molar-refractivity contribution in [2.45, 2.75) is 44.0 Å². The van der Waals surface area contributed by atoms with Gasteiger partial charge in [0.15, 0.2) is 5.78 Å². The van der Waals surface area contributed by atoms with Crippen LogP contribution in [0.1, 0.15) is 43.5 Å². The van der Waals surface area contributed by atoms with Gasteiger partial charge in [0.1, 0.15) is 12.4 Å². The number of ketones is 1. The fraction of sp³-hybridized carbons (Fsp3) is 0.458. The molecule has 0 N–H and O–H groups in total. The molecule has 0 bridgehead atoms. The first-order valence-electron chi connectivity index (χ1n) is 11.0. The lowest BCUT2D eigenvalue weighted by molar-refractivity contribution is -0.143. The number of rotatable bonds is 8. The lowest BCUT2D eigenvalue weighted by Gasteiger charge is -2.37. The Hall–Kier alpha value is -2.45. The topological polar surface area (TPSA) is 64.4 Å². The number of Topliss-reactive ketones (excluding diaryl/α,β-unsaturated/α-hetero) is 1. The third-order valence-corrected chi connectivity index (χ3v) is 6.59. The van der Waals surface area contributed by atoms with Gasteiger partial charge in [-0.15, -0.1) is 0 Å². The largest absolute Gasteiger partial charge is 0.465 e. The lowest BCUT2D eigenvalue weighted by atomic mass is 9.93. The number of likely N-dealkylation sites (tertiary alicyclic amines) is 1. The summed E-state index contributed by atoms with van der Waals surface area (Å²) in [6.07, 6.45) is 7.75. The minimum Gasteiger partial charge on any atom is -0.465 e. The Labute approximate surface area is 192 Å². The zero-order valence-electron chi connectivity index (χ0n) is 18.1. The van der Waals surface area contributed by atoms with Crippen molar-refractivity contribution in [3.8, 4) is 0 Å². The van der Waals surface area contributed by atoms with Gasteiger partial charge in [-0.25, -0.2) is 9.37 Å². The number of carbonyl (C=O) groups excluding carboxylic acids is 2. The summed E-state index contributed by atoms with van der Waals surface area (Å²) in [5.74, 6) is -0.559. The number of piperidine rings is 1. The molecule has 1 saturated carbocycles. The van der Waals surface area contributed by atoms with E-state index in [-0.39, 0.29) is 35.3 Å². The molecule has 1 aromatic carbocycles. The standard InChI is InChI=1S/C24H28FN3O3S/c1-2-31-22(29)14-28-15-26-12-18(28)11-17-13-27(10-9-21(17)32)23(24(30)16-7-8-16)19-5-3-4-6-20(19)25/h3-6,11-12,15-16,21,23,32H,2,7-10,13-14H2,1H3/b17-11-. The first-order chi connectivity index (χ1) is 15.5. The lowest BCUT2D eigenvalue weighted by Crippen LogP contribution is -2.42. The molecule has 2 fully saturated rings. The van der Waals surface area contributed by atoms with E-state index < -0.39 is 6.04 Å². The number of benzene rings is 1. The zero-order chi connectivity index (χ0) is 22.7. The van der Waals surface area contributed by atoms with E-state index in [4.69, 9.17) is 17.4 Å². The predicted octanol–water partition coefficient (Wildman–Crippen LogP) is 3.69. The minimum atomic E-state index is -0.600. The number of aromatic nitrogens is 2. The second kappa shape index (κ2) is 10.0. The van der Waals surface area contributed by atoms with Crippen LogP contribution in [0, 0.1) is 11.7 Å². The highest BCUT2D eigenvalue weighted by Crippen LogP contribution is 2.39. The minimum absolute atomic E-state index is 0.00879. The number of imidazole rings is 1. The van der Waals surface area contributed by atoms with Crippen LogP contribution in [-0.2, 0) is 20.9 Å². The molecular formula is C24H28FN3O3S. The molecule has 2 heterocycles. The fourth-order valence-corrected chi connectivity index (χ4v) is 4.46. The average molecular weight is 458 g/mol. The molecule has 0 spiro atoms. The Morgan fingerprint density at radius 3 is 2.81 bits per heavy atom. The van der Waals surface area contributed by atoms with Crippen molar-refractivity contribution in [3.63, 3.8) is 0 Å². The molecule has 2 atom stereocenters. The van der Waals surface area contributed by atoms with Gasteiger partial charge in [0.25, 0.3) is 0 Å². The Morgan fingerprint density at radius 1 is 1.31 bits per heavy atom. The average Bonchev–Trinajstić information content (AvgIpc) is 3.54. The van der Waals surface area contributed by atoms with Gasteiger partial charge in [-0.2, -0.15) is 12.6 Å². The molecule has 1 aromatic heterocycles. The van der Waals surface area contributed by atoms with Gasteiger partial charge in [0, 0.05) is 29.8 Å². The summed E-state index contributed by atoms with van der Waals surface area (Å²) in [5.41, 5.74) is 2.22. The van der Waals surface area contributed by atoms with Crippen molar-refractivity contribution in [1.82, 2.24) is 14.5 Å². The van der Waals surface area contributed by atoms with E-state index in [2.05, 4.69) is 9.88 Å². The Balaban J connectivity index is 1.60. The van der Waals surface area contributed by atoms with Gasteiger partial charge < -0.3 is 9.30 Å². The van der Waals surface area contributed by atoms with Crippen LogP contribution in [0.15, 0.2) is 42.4 Å². The molecule has 6 nitrogen and oxygen atoms in total. The third-order valence-electron chi connectivity index (χ3n) is 6.00. The molecule has 1 aliphatic heterocycles. The van der Waals surface area contributed by atoms with Crippen molar-refractivity contribution >= 4 is 30.5 Å². The van der Waals surface area contributed by atoms with E-state index >= 15 is 0 Å². The number of nitrogens with zero attached hydrogens (tertiary/aromatic N) is 3. The highest BCUT2D eigenvalue weighted by molar-refractivity contribution is 7.81. The van der Waals surface area contributed by atoms with Crippen molar-refractivity contribution in [2.75, 3.05) is 19.7 Å². The number of ether oxygens (including phenoxy) is 1. The highest BCUT2D eigenvalue weighted by Gasteiger charge is 2.40.